The third-order valence-electron chi connectivity index (χ3n) is 2.08. The maximum atomic E-state index is 11.6. The molecule has 0 aromatic heterocycles. The Labute approximate surface area is 113 Å². The number of fused-ring (bicyclic) bond motifs is 1. The highest BCUT2D eigenvalue weighted by Crippen LogP contribution is 2.33. The minimum absolute atomic E-state index is 0.103. The van der Waals surface area contributed by atoms with Gasteiger partial charge in [-0.15, -0.1) is 0 Å². The summed E-state index contributed by atoms with van der Waals surface area (Å²) in [6.45, 7) is 0. The molecule has 0 saturated heterocycles. The number of hydrogen-bond donors (Lipinski definition) is 1. The van der Waals surface area contributed by atoms with Crippen molar-refractivity contribution in [2.24, 2.45) is 0 Å². The summed E-state index contributed by atoms with van der Waals surface area (Å²) in [7, 11) is 0. The lowest BCUT2D eigenvalue weighted by Crippen LogP contribution is -2.14. The van der Waals surface area contributed by atoms with Gasteiger partial charge < -0.3 is 5.11 Å². The molecule has 0 amide bonds. The second kappa shape index (κ2) is 3.85. The van der Waals surface area contributed by atoms with Gasteiger partial charge in [0.1, 0.15) is 5.75 Å². The summed E-state index contributed by atoms with van der Waals surface area (Å²) in [5.74, 6) is -0.659. The predicted octanol–water partition coefficient (Wildman–Crippen LogP) is 2.54. The number of phenolic OH excluding ortho intramolecular Hbond substituents is 1. The molecule has 1 aromatic rings. The Morgan fingerprint density at radius 2 is 1.47 bits per heavy atom. The topological polar surface area (TPSA) is 54.4 Å². The van der Waals surface area contributed by atoms with Crippen LogP contribution in [-0.4, -0.2) is 16.7 Å². The lowest BCUT2D eigenvalue weighted by Gasteiger charge is -2.13. The van der Waals surface area contributed by atoms with Crippen LogP contribution in [0.4, 0.5) is 0 Å². The van der Waals surface area contributed by atoms with Gasteiger partial charge in [-0.3, -0.25) is 9.59 Å². The van der Waals surface area contributed by atoms with E-state index < -0.39 is 0 Å². The zero-order chi connectivity index (χ0) is 11.2. The van der Waals surface area contributed by atoms with Crippen LogP contribution in [0.1, 0.15) is 20.7 Å². The van der Waals surface area contributed by atoms with Crippen LogP contribution in [0.25, 0.3) is 0 Å². The van der Waals surface area contributed by atoms with Crippen LogP contribution in [0.5, 0.6) is 5.75 Å². The van der Waals surface area contributed by atoms with E-state index in [1.165, 1.54) is 12.2 Å². The summed E-state index contributed by atoms with van der Waals surface area (Å²) in [6.07, 6.45) is 2.43. The molecule has 76 valence electrons. The van der Waals surface area contributed by atoms with Crippen LogP contribution in [0.3, 0.4) is 0 Å². The van der Waals surface area contributed by atoms with Crippen LogP contribution >= 0.6 is 45.2 Å². The molecule has 0 bridgehead atoms. The number of benzene rings is 1. The lowest BCUT2D eigenvalue weighted by molar-refractivity contribution is 0.0991. The molecule has 1 aliphatic rings. The molecule has 0 atom stereocenters. The van der Waals surface area contributed by atoms with E-state index in [2.05, 4.69) is 0 Å². The highest BCUT2D eigenvalue weighted by Gasteiger charge is 2.26. The number of allylic oxidation sites excluding steroid dienone is 2. The van der Waals surface area contributed by atoms with E-state index in [-0.39, 0.29) is 22.9 Å². The second-order valence-corrected chi connectivity index (χ2v) is 5.33. The van der Waals surface area contributed by atoms with Crippen molar-refractivity contribution < 1.29 is 14.7 Å². The Morgan fingerprint density at radius 1 is 0.933 bits per heavy atom. The van der Waals surface area contributed by atoms with E-state index >= 15 is 0 Å². The Hall–Kier alpha value is -0.440. The predicted molar refractivity (Wildman–Crippen MR) is 71.3 cm³/mol. The quantitative estimate of drug-likeness (QED) is 0.650. The minimum Gasteiger partial charge on any atom is -0.506 e. The first kappa shape index (κ1) is 11.1. The molecule has 0 unspecified atom stereocenters. The summed E-state index contributed by atoms with van der Waals surface area (Å²) in [4.78, 5) is 23.1. The Balaban J connectivity index is 2.87. The molecule has 1 aliphatic carbocycles. The van der Waals surface area contributed by atoms with E-state index in [1.54, 1.807) is 6.07 Å². The van der Waals surface area contributed by atoms with Gasteiger partial charge in [-0.1, -0.05) is 0 Å². The van der Waals surface area contributed by atoms with Crippen LogP contribution < -0.4 is 0 Å². The van der Waals surface area contributed by atoms with Crippen LogP contribution in [0, 0.1) is 7.14 Å². The fraction of sp³-hybridized carbons (Fsp3) is 0. The van der Waals surface area contributed by atoms with E-state index in [1.807, 2.05) is 45.2 Å². The van der Waals surface area contributed by atoms with Crippen LogP contribution in [0.15, 0.2) is 18.2 Å². The summed E-state index contributed by atoms with van der Waals surface area (Å²) < 4.78 is 1.26. The molecule has 2 rings (SSSR count). The summed E-state index contributed by atoms with van der Waals surface area (Å²) in [5, 5.41) is 9.74. The Bertz CT molecular complexity index is 518. The molecule has 1 N–H and O–H groups in total. The number of halogens is 2. The SMILES string of the molecule is O=C1C=CC(=O)c2c(O)c(I)cc(I)c21. The standard InChI is InChI=1S/C10H4I2O3/c11-4-3-5(12)10(15)9-7(14)2-1-6(13)8(4)9/h1-3,15H. The molecule has 0 radical (unpaired) electrons. The number of phenols is 1. The van der Waals surface area contributed by atoms with E-state index in [0.29, 0.717) is 12.7 Å². The number of carbonyl (C=O) groups excluding carboxylic acids is 2. The second-order valence-electron chi connectivity index (χ2n) is 3.00. The molecule has 0 spiro atoms. The van der Waals surface area contributed by atoms with Crippen molar-refractivity contribution in [2.45, 2.75) is 0 Å². The average Bonchev–Trinajstić information content (AvgIpc) is 2.18. The van der Waals surface area contributed by atoms with Crippen molar-refractivity contribution in [3.05, 3.63) is 36.5 Å². The monoisotopic (exact) mass is 426 g/mol. The van der Waals surface area contributed by atoms with Gasteiger partial charge in [0.15, 0.2) is 11.6 Å². The molecule has 0 fully saturated rings. The van der Waals surface area contributed by atoms with Gasteiger partial charge in [0.05, 0.1) is 14.7 Å². The maximum Gasteiger partial charge on any atom is 0.190 e. The zero-order valence-corrected chi connectivity index (χ0v) is 11.6. The van der Waals surface area contributed by atoms with Crippen molar-refractivity contribution in [1.29, 1.82) is 0 Å². The molecular weight excluding hydrogens is 422 g/mol. The van der Waals surface area contributed by atoms with Crippen molar-refractivity contribution in [3.8, 4) is 5.75 Å². The highest BCUT2D eigenvalue weighted by molar-refractivity contribution is 14.1. The normalized spacial score (nSPS) is 14.3. The number of aromatic hydroxyl groups is 1. The van der Waals surface area contributed by atoms with Crippen molar-refractivity contribution in [3.63, 3.8) is 0 Å². The molecule has 5 heteroatoms. The van der Waals surface area contributed by atoms with Crippen LogP contribution in [0.2, 0.25) is 0 Å². The van der Waals surface area contributed by atoms with Gasteiger partial charge >= 0.3 is 0 Å². The molecule has 0 heterocycles. The first-order valence-corrected chi connectivity index (χ1v) is 6.16. The highest BCUT2D eigenvalue weighted by atomic mass is 127. The number of ketones is 2. The summed E-state index contributed by atoms with van der Waals surface area (Å²) in [6, 6.07) is 1.68. The number of rotatable bonds is 0. The van der Waals surface area contributed by atoms with E-state index in [0.717, 1.165) is 0 Å². The van der Waals surface area contributed by atoms with Gasteiger partial charge in [0, 0.05) is 3.57 Å². The van der Waals surface area contributed by atoms with Gasteiger partial charge in [-0.05, 0) is 63.4 Å². The van der Waals surface area contributed by atoms with Gasteiger partial charge in [0.25, 0.3) is 0 Å². The largest absolute Gasteiger partial charge is 0.506 e. The van der Waals surface area contributed by atoms with Crippen molar-refractivity contribution in [1.82, 2.24) is 0 Å². The number of hydrogen-bond acceptors (Lipinski definition) is 3. The first-order chi connectivity index (χ1) is 7.02. The minimum atomic E-state index is -0.321. The smallest absolute Gasteiger partial charge is 0.190 e. The maximum absolute atomic E-state index is 11.6. The Kier molecular flexibility index (Phi) is 2.84. The molecular formula is C10H4I2O3. The number of carbonyl (C=O) groups is 2. The van der Waals surface area contributed by atoms with E-state index in [4.69, 9.17) is 0 Å². The zero-order valence-electron chi connectivity index (χ0n) is 7.25. The average molecular weight is 426 g/mol. The first-order valence-electron chi connectivity index (χ1n) is 4.00. The molecule has 15 heavy (non-hydrogen) atoms. The fourth-order valence-electron chi connectivity index (χ4n) is 1.41. The van der Waals surface area contributed by atoms with Gasteiger partial charge in [-0.25, -0.2) is 0 Å². The van der Waals surface area contributed by atoms with Crippen molar-refractivity contribution >= 4 is 56.7 Å². The Morgan fingerprint density at radius 3 is 2.07 bits per heavy atom. The van der Waals surface area contributed by atoms with Crippen LogP contribution in [-0.2, 0) is 0 Å². The fourth-order valence-corrected chi connectivity index (χ4v) is 3.43. The third-order valence-corrected chi connectivity index (χ3v) is 3.76. The lowest BCUT2D eigenvalue weighted by atomic mass is 9.94. The summed E-state index contributed by atoms with van der Waals surface area (Å²) in [5.41, 5.74) is 0.430. The summed E-state index contributed by atoms with van der Waals surface area (Å²) >= 11 is 3.92. The van der Waals surface area contributed by atoms with Crippen molar-refractivity contribution in [2.75, 3.05) is 0 Å². The van der Waals surface area contributed by atoms with Gasteiger partial charge in [-0.2, -0.15) is 0 Å². The molecule has 0 saturated carbocycles. The molecule has 0 aliphatic heterocycles. The molecule has 1 aromatic carbocycles. The van der Waals surface area contributed by atoms with Gasteiger partial charge in [0.2, 0.25) is 0 Å². The third kappa shape index (κ3) is 1.71. The molecule has 3 nitrogen and oxygen atoms in total. The van der Waals surface area contributed by atoms with E-state index in [9.17, 15) is 14.7 Å².